The van der Waals surface area contributed by atoms with Gasteiger partial charge in [-0.15, -0.1) is 21.5 Å². The molecular weight excluding hydrogens is 326 g/mol. The summed E-state index contributed by atoms with van der Waals surface area (Å²) in [4.78, 5) is 0. The molecule has 7 heteroatoms. The van der Waals surface area contributed by atoms with E-state index in [1.807, 2.05) is 36.6 Å². The van der Waals surface area contributed by atoms with Crippen LogP contribution in [0.5, 0.6) is 5.75 Å². The molecule has 24 heavy (non-hydrogen) atoms. The molecule has 0 bridgehead atoms. The molecule has 2 atom stereocenters. The van der Waals surface area contributed by atoms with Crippen LogP contribution in [-0.2, 0) is 4.74 Å². The van der Waals surface area contributed by atoms with Crippen molar-refractivity contribution >= 4 is 27.2 Å². The van der Waals surface area contributed by atoms with Crippen molar-refractivity contribution in [2.45, 2.75) is 19.1 Å². The minimum atomic E-state index is -0.545. The molecule has 0 aliphatic carbocycles. The molecule has 124 valence electrons. The molecule has 1 fully saturated rings. The van der Waals surface area contributed by atoms with Gasteiger partial charge in [-0.25, -0.2) is 0 Å². The Morgan fingerprint density at radius 1 is 1.25 bits per heavy atom. The number of nitrogens with one attached hydrogen (secondary N) is 1. The molecule has 3 heterocycles. The summed E-state index contributed by atoms with van der Waals surface area (Å²) in [5.41, 5.74) is 2.21. The average Bonchev–Trinajstić information content (AvgIpc) is 3.19. The van der Waals surface area contributed by atoms with Crippen molar-refractivity contribution in [2.75, 3.05) is 18.5 Å². The van der Waals surface area contributed by atoms with Crippen molar-refractivity contribution in [3.05, 3.63) is 35.2 Å². The predicted molar refractivity (Wildman–Crippen MR) is 93.5 cm³/mol. The van der Waals surface area contributed by atoms with Gasteiger partial charge in [0.15, 0.2) is 0 Å². The standard InChI is InChI=1S/C17H17N3O3S/c1-9-6-15(18-12-7-23-8-13(12)21)19-20-16(9)11-2-3-14-10(17(11)22)4-5-24-14/h2-6,12-13,21-22H,7-8H2,1H3,(H,18,19). The molecule has 2 unspecified atom stereocenters. The van der Waals surface area contributed by atoms with Crippen molar-refractivity contribution in [1.82, 2.24) is 10.2 Å². The van der Waals surface area contributed by atoms with Gasteiger partial charge in [0.2, 0.25) is 0 Å². The fraction of sp³-hybridized carbons (Fsp3) is 0.294. The molecule has 0 radical (unpaired) electrons. The zero-order valence-electron chi connectivity index (χ0n) is 13.1. The Kier molecular flexibility index (Phi) is 3.84. The Labute approximate surface area is 142 Å². The number of hydrogen-bond donors (Lipinski definition) is 3. The van der Waals surface area contributed by atoms with E-state index in [0.29, 0.717) is 30.3 Å². The summed E-state index contributed by atoms with van der Waals surface area (Å²) in [6.07, 6.45) is -0.545. The fourth-order valence-corrected chi connectivity index (χ4v) is 3.70. The molecule has 0 saturated carbocycles. The first-order valence-corrected chi connectivity index (χ1v) is 8.57. The minimum Gasteiger partial charge on any atom is -0.507 e. The number of fused-ring (bicyclic) bond motifs is 1. The second kappa shape index (κ2) is 6.01. The molecule has 0 amide bonds. The molecule has 1 saturated heterocycles. The van der Waals surface area contributed by atoms with Crippen LogP contribution in [0.2, 0.25) is 0 Å². The number of ether oxygens (including phenoxy) is 1. The van der Waals surface area contributed by atoms with Gasteiger partial charge in [-0.3, -0.25) is 0 Å². The van der Waals surface area contributed by atoms with Gasteiger partial charge in [0.05, 0.1) is 31.1 Å². The first kappa shape index (κ1) is 15.3. The lowest BCUT2D eigenvalue weighted by Crippen LogP contribution is -2.32. The summed E-state index contributed by atoms with van der Waals surface area (Å²) in [5, 5.41) is 34.7. The lowest BCUT2D eigenvalue weighted by Gasteiger charge is -2.16. The SMILES string of the molecule is Cc1cc(NC2COCC2O)nnc1-c1ccc2sccc2c1O. The van der Waals surface area contributed by atoms with Crippen molar-refractivity contribution < 1.29 is 14.9 Å². The number of aliphatic hydroxyl groups is 1. The summed E-state index contributed by atoms with van der Waals surface area (Å²) >= 11 is 1.59. The van der Waals surface area contributed by atoms with E-state index in [-0.39, 0.29) is 11.8 Å². The van der Waals surface area contributed by atoms with Gasteiger partial charge in [0.25, 0.3) is 0 Å². The van der Waals surface area contributed by atoms with Crippen LogP contribution in [0, 0.1) is 6.92 Å². The van der Waals surface area contributed by atoms with Crippen LogP contribution >= 0.6 is 11.3 Å². The van der Waals surface area contributed by atoms with Crippen molar-refractivity contribution in [2.24, 2.45) is 0 Å². The largest absolute Gasteiger partial charge is 0.507 e. The number of aryl methyl sites for hydroxylation is 1. The van der Waals surface area contributed by atoms with Crippen LogP contribution in [-0.4, -0.2) is 45.8 Å². The van der Waals surface area contributed by atoms with E-state index in [1.165, 1.54) is 0 Å². The van der Waals surface area contributed by atoms with E-state index in [2.05, 4.69) is 15.5 Å². The maximum atomic E-state index is 10.5. The third-order valence-electron chi connectivity index (χ3n) is 4.23. The van der Waals surface area contributed by atoms with Crippen LogP contribution in [0.25, 0.3) is 21.3 Å². The molecule has 1 aliphatic heterocycles. The lowest BCUT2D eigenvalue weighted by atomic mass is 10.0. The molecule has 1 aromatic carbocycles. The van der Waals surface area contributed by atoms with Gasteiger partial charge >= 0.3 is 0 Å². The molecular formula is C17H17N3O3S. The highest BCUT2D eigenvalue weighted by atomic mass is 32.1. The summed E-state index contributed by atoms with van der Waals surface area (Å²) in [7, 11) is 0. The van der Waals surface area contributed by atoms with Gasteiger partial charge < -0.3 is 20.3 Å². The topological polar surface area (TPSA) is 87.5 Å². The Bertz CT molecular complexity index is 896. The molecule has 4 rings (SSSR count). The number of benzene rings is 1. The molecule has 1 aliphatic rings. The van der Waals surface area contributed by atoms with E-state index >= 15 is 0 Å². The zero-order valence-corrected chi connectivity index (χ0v) is 13.9. The average molecular weight is 343 g/mol. The van der Waals surface area contributed by atoms with Crippen molar-refractivity contribution in [1.29, 1.82) is 0 Å². The third-order valence-corrected chi connectivity index (χ3v) is 5.11. The van der Waals surface area contributed by atoms with Gasteiger partial charge in [0, 0.05) is 15.6 Å². The smallest absolute Gasteiger partial charge is 0.149 e. The number of anilines is 1. The van der Waals surface area contributed by atoms with E-state index < -0.39 is 6.10 Å². The second-order valence-electron chi connectivity index (χ2n) is 5.91. The lowest BCUT2D eigenvalue weighted by molar-refractivity contribution is 0.125. The van der Waals surface area contributed by atoms with Crippen LogP contribution in [0.3, 0.4) is 0 Å². The quantitative estimate of drug-likeness (QED) is 0.677. The first-order chi connectivity index (χ1) is 11.6. The highest BCUT2D eigenvalue weighted by Crippen LogP contribution is 2.38. The number of thiophene rings is 1. The normalized spacial score (nSPS) is 20.6. The highest BCUT2D eigenvalue weighted by molar-refractivity contribution is 7.17. The van der Waals surface area contributed by atoms with Gasteiger partial charge in [-0.2, -0.15) is 0 Å². The minimum absolute atomic E-state index is 0.180. The summed E-state index contributed by atoms with van der Waals surface area (Å²) in [6.45, 7) is 2.70. The number of aromatic nitrogens is 2. The maximum Gasteiger partial charge on any atom is 0.149 e. The molecule has 2 aromatic heterocycles. The molecule has 3 N–H and O–H groups in total. The van der Waals surface area contributed by atoms with Crippen LogP contribution in [0.1, 0.15) is 5.56 Å². The van der Waals surface area contributed by atoms with Crippen molar-refractivity contribution in [3.63, 3.8) is 0 Å². The number of rotatable bonds is 3. The van der Waals surface area contributed by atoms with E-state index in [9.17, 15) is 10.2 Å². The number of phenolic OH excluding ortho intramolecular Hbond substituents is 1. The Morgan fingerprint density at radius 2 is 2.12 bits per heavy atom. The fourth-order valence-electron chi connectivity index (χ4n) is 2.91. The Balaban J connectivity index is 1.67. The van der Waals surface area contributed by atoms with E-state index in [4.69, 9.17) is 4.74 Å². The van der Waals surface area contributed by atoms with Crippen LogP contribution in [0.4, 0.5) is 5.82 Å². The number of hydrogen-bond acceptors (Lipinski definition) is 7. The van der Waals surface area contributed by atoms with Crippen LogP contribution in [0.15, 0.2) is 29.6 Å². The van der Waals surface area contributed by atoms with Gasteiger partial charge in [-0.05, 0) is 42.1 Å². The van der Waals surface area contributed by atoms with Crippen molar-refractivity contribution in [3.8, 4) is 17.0 Å². The second-order valence-corrected chi connectivity index (χ2v) is 6.86. The van der Waals surface area contributed by atoms with Gasteiger partial charge in [-0.1, -0.05) is 0 Å². The summed E-state index contributed by atoms with van der Waals surface area (Å²) < 4.78 is 6.26. The van der Waals surface area contributed by atoms with E-state index in [0.717, 1.165) is 15.6 Å². The predicted octanol–water partition coefficient (Wildman–Crippen LogP) is 2.54. The summed E-state index contributed by atoms with van der Waals surface area (Å²) in [6, 6.07) is 7.44. The number of phenols is 1. The monoisotopic (exact) mass is 343 g/mol. The number of aromatic hydroxyl groups is 1. The third kappa shape index (κ3) is 2.60. The molecule has 6 nitrogen and oxygen atoms in total. The Morgan fingerprint density at radius 3 is 2.88 bits per heavy atom. The summed E-state index contributed by atoms with van der Waals surface area (Å²) in [5.74, 6) is 0.813. The Hall–Kier alpha value is -2.22. The molecule has 3 aromatic rings. The van der Waals surface area contributed by atoms with Gasteiger partial charge in [0.1, 0.15) is 11.6 Å². The molecule has 0 spiro atoms. The van der Waals surface area contributed by atoms with Crippen LogP contribution < -0.4 is 5.32 Å². The maximum absolute atomic E-state index is 10.5. The first-order valence-electron chi connectivity index (χ1n) is 7.69. The number of aliphatic hydroxyl groups excluding tert-OH is 1. The highest BCUT2D eigenvalue weighted by Gasteiger charge is 2.26. The van der Waals surface area contributed by atoms with E-state index in [1.54, 1.807) is 11.3 Å². The zero-order chi connectivity index (χ0) is 16.7. The number of nitrogens with zero attached hydrogens (tertiary/aromatic N) is 2.